The van der Waals surface area contributed by atoms with E-state index in [1.165, 1.54) is 11.1 Å². The Hall–Kier alpha value is -1.22. The summed E-state index contributed by atoms with van der Waals surface area (Å²) in [6.45, 7) is 8.40. The van der Waals surface area contributed by atoms with E-state index in [2.05, 4.69) is 39.8 Å². The van der Waals surface area contributed by atoms with Crippen molar-refractivity contribution in [1.29, 1.82) is 0 Å². The minimum absolute atomic E-state index is 0. The standard InChI is InChI=1S/C19H27FN4S.HI/c1-4-18-24-17(13-25-18)9-11-23-19(21-5-2)22-10-8-15-6-7-16(20)12-14(15)3;/h6-7,12-13H,4-5,8-11H2,1-3H3,(H2,21,22,23);1H. The van der Waals surface area contributed by atoms with Crippen molar-refractivity contribution in [3.05, 3.63) is 51.2 Å². The van der Waals surface area contributed by atoms with E-state index in [0.29, 0.717) is 6.54 Å². The minimum Gasteiger partial charge on any atom is -0.357 e. The van der Waals surface area contributed by atoms with E-state index in [1.54, 1.807) is 17.4 Å². The van der Waals surface area contributed by atoms with Crippen molar-refractivity contribution >= 4 is 41.3 Å². The molecule has 0 saturated heterocycles. The highest BCUT2D eigenvalue weighted by Gasteiger charge is 2.03. The van der Waals surface area contributed by atoms with Crippen molar-refractivity contribution in [2.75, 3.05) is 19.6 Å². The predicted molar refractivity (Wildman–Crippen MR) is 119 cm³/mol. The number of halogens is 2. The Morgan fingerprint density at radius 1 is 1.23 bits per heavy atom. The lowest BCUT2D eigenvalue weighted by Crippen LogP contribution is -2.38. The first-order valence-corrected chi connectivity index (χ1v) is 9.70. The molecule has 4 nitrogen and oxygen atoms in total. The molecule has 2 aromatic rings. The van der Waals surface area contributed by atoms with Crippen molar-refractivity contribution in [2.45, 2.75) is 40.0 Å². The molecule has 0 bridgehead atoms. The van der Waals surface area contributed by atoms with Crippen LogP contribution in [0.4, 0.5) is 4.39 Å². The maximum Gasteiger partial charge on any atom is 0.191 e. The van der Waals surface area contributed by atoms with Crippen molar-refractivity contribution in [2.24, 2.45) is 4.99 Å². The summed E-state index contributed by atoms with van der Waals surface area (Å²) in [4.78, 5) is 9.18. The third-order valence-electron chi connectivity index (χ3n) is 3.88. The molecule has 0 fully saturated rings. The number of hydrogen-bond acceptors (Lipinski definition) is 3. The molecule has 0 amide bonds. The van der Waals surface area contributed by atoms with E-state index in [0.717, 1.165) is 55.1 Å². The van der Waals surface area contributed by atoms with Gasteiger partial charge < -0.3 is 10.6 Å². The molecule has 0 saturated carbocycles. The van der Waals surface area contributed by atoms with Crippen molar-refractivity contribution in [1.82, 2.24) is 15.6 Å². The van der Waals surface area contributed by atoms with Gasteiger partial charge in [-0.15, -0.1) is 35.3 Å². The summed E-state index contributed by atoms with van der Waals surface area (Å²) in [5.74, 6) is 0.630. The molecular weight excluding hydrogens is 462 g/mol. The summed E-state index contributed by atoms with van der Waals surface area (Å²) < 4.78 is 13.2. The van der Waals surface area contributed by atoms with Gasteiger partial charge >= 0.3 is 0 Å². The van der Waals surface area contributed by atoms with Gasteiger partial charge in [-0.3, -0.25) is 4.99 Å². The number of rotatable bonds is 8. The Kier molecular flexibility index (Phi) is 10.7. The monoisotopic (exact) mass is 490 g/mol. The fraction of sp³-hybridized carbons (Fsp3) is 0.474. The summed E-state index contributed by atoms with van der Waals surface area (Å²) in [6, 6.07) is 4.94. The Morgan fingerprint density at radius 2 is 2.04 bits per heavy atom. The van der Waals surface area contributed by atoms with Crippen LogP contribution in [0.1, 0.15) is 35.7 Å². The van der Waals surface area contributed by atoms with Crippen LogP contribution in [0.2, 0.25) is 0 Å². The Bertz CT molecular complexity index is 703. The number of nitrogens with zero attached hydrogens (tertiary/aromatic N) is 2. The molecule has 0 aliphatic carbocycles. The topological polar surface area (TPSA) is 49.3 Å². The molecule has 144 valence electrons. The van der Waals surface area contributed by atoms with Gasteiger partial charge in [-0.1, -0.05) is 13.0 Å². The molecule has 0 unspecified atom stereocenters. The molecule has 0 spiro atoms. The fourth-order valence-electron chi connectivity index (χ4n) is 2.51. The number of aromatic nitrogens is 1. The van der Waals surface area contributed by atoms with Gasteiger partial charge in [-0.05, 0) is 49.9 Å². The molecule has 0 aliphatic heterocycles. The number of aryl methyl sites for hydroxylation is 2. The van der Waals surface area contributed by atoms with Crippen molar-refractivity contribution < 1.29 is 4.39 Å². The maximum atomic E-state index is 13.2. The highest BCUT2D eigenvalue weighted by molar-refractivity contribution is 14.0. The molecule has 26 heavy (non-hydrogen) atoms. The van der Waals surface area contributed by atoms with Crippen molar-refractivity contribution in [3.63, 3.8) is 0 Å². The number of aliphatic imine (C=N–C) groups is 1. The average Bonchev–Trinajstić information content (AvgIpc) is 3.05. The van der Waals surface area contributed by atoms with E-state index in [4.69, 9.17) is 0 Å². The molecule has 2 rings (SSSR count). The highest BCUT2D eigenvalue weighted by Crippen LogP contribution is 2.11. The first-order chi connectivity index (χ1) is 12.1. The van der Waals surface area contributed by atoms with Gasteiger partial charge in [-0.2, -0.15) is 0 Å². The molecule has 1 heterocycles. The van der Waals surface area contributed by atoms with Crippen molar-refractivity contribution in [3.8, 4) is 0 Å². The van der Waals surface area contributed by atoms with Crippen LogP contribution in [0.15, 0.2) is 28.6 Å². The Morgan fingerprint density at radius 3 is 2.69 bits per heavy atom. The van der Waals surface area contributed by atoms with Gasteiger partial charge in [0.15, 0.2) is 5.96 Å². The summed E-state index contributed by atoms with van der Waals surface area (Å²) in [7, 11) is 0. The molecule has 2 N–H and O–H groups in total. The van der Waals surface area contributed by atoms with E-state index < -0.39 is 0 Å². The van der Waals surface area contributed by atoms with E-state index in [1.807, 2.05) is 13.0 Å². The normalized spacial score (nSPS) is 11.2. The second kappa shape index (κ2) is 12.2. The zero-order chi connectivity index (χ0) is 18.1. The first kappa shape index (κ1) is 22.8. The van der Waals surface area contributed by atoms with Crippen LogP contribution in [0, 0.1) is 12.7 Å². The number of guanidine groups is 1. The van der Waals surface area contributed by atoms with Gasteiger partial charge in [0.2, 0.25) is 0 Å². The zero-order valence-corrected chi connectivity index (χ0v) is 18.8. The summed E-state index contributed by atoms with van der Waals surface area (Å²) in [5, 5.41) is 9.89. The molecule has 1 aromatic carbocycles. The van der Waals surface area contributed by atoms with Crippen LogP contribution in [0.25, 0.3) is 0 Å². The largest absolute Gasteiger partial charge is 0.357 e. The lowest BCUT2D eigenvalue weighted by molar-refractivity contribution is 0.625. The third kappa shape index (κ3) is 7.57. The van der Waals surface area contributed by atoms with Crippen LogP contribution in [0.5, 0.6) is 0 Å². The lowest BCUT2D eigenvalue weighted by atomic mass is 10.1. The Labute approximate surface area is 176 Å². The molecule has 7 heteroatoms. The van der Waals surface area contributed by atoms with E-state index in [-0.39, 0.29) is 29.8 Å². The van der Waals surface area contributed by atoms with Gasteiger partial charge in [0.25, 0.3) is 0 Å². The maximum absolute atomic E-state index is 13.2. The quantitative estimate of drug-likeness (QED) is 0.333. The zero-order valence-electron chi connectivity index (χ0n) is 15.6. The molecular formula is C19H28FIN4S. The number of hydrogen-bond donors (Lipinski definition) is 2. The first-order valence-electron chi connectivity index (χ1n) is 8.82. The van der Waals surface area contributed by atoms with Gasteiger partial charge in [-0.25, -0.2) is 9.37 Å². The van der Waals surface area contributed by atoms with E-state index in [9.17, 15) is 4.39 Å². The molecule has 0 radical (unpaired) electrons. The minimum atomic E-state index is -0.183. The van der Waals surface area contributed by atoms with Crippen LogP contribution in [-0.4, -0.2) is 30.6 Å². The van der Waals surface area contributed by atoms with Crippen LogP contribution >= 0.6 is 35.3 Å². The number of nitrogens with one attached hydrogen (secondary N) is 2. The third-order valence-corrected chi connectivity index (χ3v) is 4.92. The number of thiazole rings is 1. The molecule has 0 aliphatic rings. The van der Waals surface area contributed by atoms with Gasteiger partial charge in [0, 0.05) is 31.4 Å². The van der Waals surface area contributed by atoms with Crippen LogP contribution in [0.3, 0.4) is 0 Å². The van der Waals surface area contributed by atoms with Gasteiger partial charge in [0.05, 0.1) is 10.7 Å². The highest BCUT2D eigenvalue weighted by atomic mass is 127. The lowest BCUT2D eigenvalue weighted by Gasteiger charge is -2.12. The average molecular weight is 490 g/mol. The summed E-state index contributed by atoms with van der Waals surface area (Å²) >= 11 is 1.71. The summed E-state index contributed by atoms with van der Waals surface area (Å²) in [6.07, 6.45) is 2.67. The van der Waals surface area contributed by atoms with E-state index >= 15 is 0 Å². The molecule has 0 atom stereocenters. The second-order valence-electron chi connectivity index (χ2n) is 5.84. The summed E-state index contributed by atoms with van der Waals surface area (Å²) in [5.41, 5.74) is 3.25. The SMILES string of the molecule is CCNC(=NCCc1csc(CC)n1)NCCc1ccc(F)cc1C.I. The predicted octanol–water partition coefficient (Wildman–Crippen LogP) is 4.11. The fourth-order valence-corrected chi connectivity index (χ4v) is 3.28. The van der Waals surface area contributed by atoms with Crippen LogP contribution < -0.4 is 10.6 Å². The number of benzene rings is 1. The van der Waals surface area contributed by atoms with Crippen LogP contribution in [-0.2, 0) is 19.3 Å². The van der Waals surface area contributed by atoms with Gasteiger partial charge in [0.1, 0.15) is 5.82 Å². The molecule has 1 aromatic heterocycles. The second-order valence-corrected chi connectivity index (χ2v) is 6.79. The Balaban J connectivity index is 0.00000338. The smallest absolute Gasteiger partial charge is 0.191 e.